The summed E-state index contributed by atoms with van der Waals surface area (Å²) in [6, 6.07) is 20.4. The van der Waals surface area contributed by atoms with Gasteiger partial charge in [-0.15, -0.1) is 0 Å². The van der Waals surface area contributed by atoms with Crippen LogP contribution in [0.4, 0.5) is 0 Å². The molecule has 4 rings (SSSR count). The van der Waals surface area contributed by atoms with Gasteiger partial charge in [0.2, 0.25) is 10.0 Å². The van der Waals surface area contributed by atoms with Crippen molar-refractivity contribution in [3.05, 3.63) is 114 Å². The zero-order valence-electron chi connectivity index (χ0n) is 21.6. The third kappa shape index (κ3) is 7.65. The number of hydrazone groups is 1. The number of benzene rings is 3. The average Bonchev–Trinajstić information content (AvgIpc) is 3.43. The third-order valence-electron chi connectivity index (χ3n) is 5.73. The van der Waals surface area contributed by atoms with Crippen LogP contribution < -0.4 is 14.3 Å². The van der Waals surface area contributed by atoms with Gasteiger partial charge in [-0.25, -0.2) is 13.8 Å². The van der Waals surface area contributed by atoms with Crippen molar-refractivity contribution in [1.82, 2.24) is 10.1 Å². The van der Waals surface area contributed by atoms with Crippen molar-refractivity contribution in [2.24, 2.45) is 5.10 Å². The second kappa shape index (κ2) is 12.3. The SMILES string of the molecule is Cc1ccc(S(=O)(=O)NC(Cc2ccc(OS(=O)(=O)c3ccc(C)cc3)cc2)C(=O)N/N=C\c2ccco2)cc1. The first-order chi connectivity index (χ1) is 19.0. The fourth-order valence-electron chi connectivity index (χ4n) is 3.56. The van der Waals surface area contributed by atoms with Gasteiger partial charge in [-0.3, -0.25) is 4.79 Å². The topological polar surface area (TPSA) is 144 Å². The maximum atomic E-state index is 13.0. The number of carbonyl (C=O) groups excluding carboxylic acids is 1. The van der Waals surface area contributed by atoms with Crippen LogP contribution >= 0.6 is 0 Å². The highest BCUT2D eigenvalue weighted by Gasteiger charge is 2.26. The van der Waals surface area contributed by atoms with Gasteiger partial charge in [-0.05, 0) is 74.4 Å². The lowest BCUT2D eigenvalue weighted by Crippen LogP contribution is -2.46. The van der Waals surface area contributed by atoms with E-state index in [1.165, 1.54) is 48.9 Å². The molecule has 2 N–H and O–H groups in total. The Bertz CT molecular complexity index is 1680. The van der Waals surface area contributed by atoms with Crippen LogP contribution in [0.15, 0.2) is 111 Å². The summed E-state index contributed by atoms with van der Waals surface area (Å²) < 4.78 is 64.1. The number of nitrogens with one attached hydrogen (secondary N) is 2. The molecule has 3 aromatic carbocycles. The average molecular weight is 582 g/mol. The number of hydrogen-bond donors (Lipinski definition) is 2. The van der Waals surface area contributed by atoms with E-state index in [0.29, 0.717) is 11.3 Å². The van der Waals surface area contributed by atoms with E-state index in [1.807, 2.05) is 13.8 Å². The van der Waals surface area contributed by atoms with E-state index in [4.69, 9.17) is 8.60 Å². The fourth-order valence-corrected chi connectivity index (χ4v) is 5.68. The zero-order chi connectivity index (χ0) is 28.8. The van der Waals surface area contributed by atoms with Crippen LogP contribution in [0.1, 0.15) is 22.5 Å². The Balaban J connectivity index is 1.51. The van der Waals surface area contributed by atoms with E-state index in [1.54, 1.807) is 48.5 Å². The van der Waals surface area contributed by atoms with Gasteiger partial charge < -0.3 is 8.60 Å². The van der Waals surface area contributed by atoms with Crippen molar-refractivity contribution in [2.45, 2.75) is 36.1 Å². The van der Waals surface area contributed by atoms with E-state index >= 15 is 0 Å². The predicted octanol–water partition coefficient (Wildman–Crippen LogP) is 3.70. The molecule has 1 aromatic heterocycles. The number of amides is 1. The van der Waals surface area contributed by atoms with Gasteiger partial charge in [-0.2, -0.15) is 18.2 Å². The first-order valence-corrected chi connectivity index (χ1v) is 15.0. The maximum Gasteiger partial charge on any atom is 0.339 e. The van der Waals surface area contributed by atoms with Crippen molar-refractivity contribution >= 4 is 32.3 Å². The molecule has 0 aliphatic heterocycles. The van der Waals surface area contributed by atoms with E-state index < -0.39 is 32.1 Å². The lowest BCUT2D eigenvalue weighted by molar-refractivity contribution is -0.122. The van der Waals surface area contributed by atoms with Gasteiger partial charge in [0.25, 0.3) is 5.91 Å². The van der Waals surface area contributed by atoms with Gasteiger partial charge in [-0.1, -0.05) is 47.5 Å². The monoisotopic (exact) mass is 581 g/mol. The molecule has 1 amide bonds. The molecule has 40 heavy (non-hydrogen) atoms. The third-order valence-corrected chi connectivity index (χ3v) is 8.48. The molecular formula is C28H27N3O7S2. The van der Waals surface area contributed by atoms with E-state index in [-0.39, 0.29) is 22.0 Å². The highest BCUT2D eigenvalue weighted by Crippen LogP contribution is 2.21. The molecule has 0 saturated heterocycles. The van der Waals surface area contributed by atoms with E-state index in [9.17, 15) is 21.6 Å². The summed E-state index contributed by atoms with van der Waals surface area (Å²) >= 11 is 0. The molecule has 0 fully saturated rings. The summed E-state index contributed by atoms with van der Waals surface area (Å²) in [7, 11) is -8.11. The molecule has 0 bridgehead atoms. The molecule has 4 aromatic rings. The number of rotatable bonds is 11. The van der Waals surface area contributed by atoms with Crippen LogP contribution in [0.25, 0.3) is 0 Å². The minimum Gasteiger partial charge on any atom is -0.463 e. The van der Waals surface area contributed by atoms with Crippen molar-refractivity contribution in [2.75, 3.05) is 0 Å². The van der Waals surface area contributed by atoms with Gasteiger partial charge in [0.15, 0.2) is 0 Å². The molecule has 0 saturated carbocycles. The van der Waals surface area contributed by atoms with Crippen molar-refractivity contribution in [3.63, 3.8) is 0 Å². The standard InChI is InChI=1S/C28H27N3O7S2/c1-20-5-13-25(14-6-20)39(33,34)31-27(28(32)30-29-19-24-4-3-17-37-24)18-22-9-11-23(12-10-22)38-40(35,36)26-15-7-21(2)8-16-26/h3-17,19,27,31H,18H2,1-2H3,(H,30,32)/b29-19-. The molecule has 1 heterocycles. The zero-order valence-corrected chi connectivity index (χ0v) is 23.3. The Morgan fingerprint density at radius 3 is 2.05 bits per heavy atom. The van der Waals surface area contributed by atoms with Crippen LogP contribution in [0.2, 0.25) is 0 Å². The summed E-state index contributed by atoms with van der Waals surface area (Å²) in [5.41, 5.74) is 4.66. The Kier molecular flexibility index (Phi) is 8.83. The second-order valence-corrected chi connectivity index (χ2v) is 12.2. The Morgan fingerprint density at radius 2 is 1.48 bits per heavy atom. The van der Waals surface area contributed by atoms with Gasteiger partial charge in [0.1, 0.15) is 22.4 Å². The molecule has 0 aliphatic rings. The Hall–Kier alpha value is -4.26. The fraction of sp³-hybridized carbons (Fsp3) is 0.143. The highest BCUT2D eigenvalue weighted by molar-refractivity contribution is 7.89. The van der Waals surface area contributed by atoms with Crippen LogP contribution in [0.3, 0.4) is 0 Å². The lowest BCUT2D eigenvalue weighted by Gasteiger charge is -2.18. The van der Waals surface area contributed by atoms with E-state index in [0.717, 1.165) is 11.1 Å². The van der Waals surface area contributed by atoms with Gasteiger partial charge in [0.05, 0.1) is 17.4 Å². The quantitative estimate of drug-likeness (QED) is 0.156. The van der Waals surface area contributed by atoms with Crippen LogP contribution in [-0.4, -0.2) is 35.0 Å². The second-order valence-electron chi connectivity index (χ2n) is 8.94. The maximum absolute atomic E-state index is 13.0. The molecule has 12 heteroatoms. The minimum atomic E-state index is -4.06. The molecule has 10 nitrogen and oxygen atoms in total. The number of furan rings is 1. The summed E-state index contributed by atoms with van der Waals surface area (Å²) in [5.74, 6) is -0.248. The van der Waals surface area contributed by atoms with E-state index in [2.05, 4.69) is 15.2 Å². The first kappa shape index (κ1) is 28.7. The largest absolute Gasteiger partial charge is 0.463 e. The molecule has 0 radical (unpaired) electrons. The molecular weight excluding hydrogens is 554 g/mol. The van der Waals surface area contributed by atoms with Crippen molar-refractivity contribution < 1.29 is 30.2 Å². The molecule has 0 spiro atoms. The number of nitrogens with zero attached hydrogens (tertiary/aromatic N) is 1. The Morgan fingerprint density at radius 1 is 0.875 bits per heavy atom. The summed E-state index contributed by atoms with van der Waals surface area (Å²) in [6.45, 7) is 3.67. The number of hydrogen-bond acceptors (Lipinski definition) is 8. The Labute approximate surface area is 232 Å². The minimum absolute atomic E-state index is 0.0000436. The normalized spacial score (nSPS) is 12.8. The van der Waals surface area contributed by atoms with Crippen molar-refractivity contribution in [3.8, 4) is 5.75 Å². The molecule has 1 unspecified atom stereocenters. The van der Waals surface area contributed by atoms with Crippen molar-refractivity contribution in [1.29, 1.82) is 0 Å². The van der Waals surface area contributed by atoms with Gasteiger partial charge >= 0.3 is 10.1 Å². The predicted molar refractivity (Wildman–Crippen MR) is 149 cm³/mol. The summed E-state index contributed by atoms with van der Waals surface area (Å²) in [5, 5.41) is 3.84. The summed E-state index contributed by atoms with van der Waals surface area (Å²) in [6.07, 6.45) is 2.67. The first-order valence-electron chi connectivity index (χ1n) is 12.1. The van der Waals surface area contributed by atoms with Crippen LogP contribution in [-0.2, 0) is 31.4 Å². The number of aryl methyl sites for hydroxylation is 2. The molecule has 1 atom stereocenters. The van der Waals surface area contributed by atoms with Crippen LogP contribution in [0.5, 0.6) is 5.75 Å². The molecule has 208 valence electrons. The van der Waals surface area contributed by atoms with Gasteiger partial charge in [0, 0.05) is 0 Å². The molecule has 0 aliphatic carbocycles. The number of sulfonamides is 1. The highest BCUT2D eigenvalue weighted by atomic mass is 32.2. The lowest BCUT2D eigenvalue weighted by atomic mass is 10.1. The summed E-state index contributed by atoms with van der Waals surface area (Å²) in [4.78, 5) is 13.0. The van der Waals surface area contributed by atoms with Crippen LogP contribution in [0, 0.1) is 13.8 Å². The number of carbonyl (C=O) groups is 1. The smallest absolute Gasteiger partial charge is 0.339 e.